The Labute approximate surface area is 103 Å². The molecular formula is C12H13NO5. The Balaban J connectivity index is 3.11. The quantitative estimate of drug-likeness (QED) is 0.369. The molecule has 1 aromatic rings. The minimum absolute atomic E-state index is 0.111. The summed E-state index contributed by atoms with van der Waals surface area (Å²) in [5.41, 5.74) is 0.0723. The lowest BCUT2D eigenvalue weighted by Gasteiger charge is -2.13. The highest BCUT2D eigenvalue weighted by Gasteiger charge is 2.21. The molecule has 0 saturated heterocycles. The molecule has 96 valence electrons. The molecule has 0 amide bonds. The second-order valence-electron chi connectivity index (χ2n) is 3.81. The summed E-state index contributed by atoms with van der Waals surface area (Å²) < 4.78 is 0. The first-order valence-electron chi connectivity index (χ1n) is 5.17. The van der Waals surface area contributed by atoms with Gasteiger partial charge in [-0.05, 0) is 31.5 Å². The topological polar surface area (TPSA) is 101 Å². The SMILES string of the molecule is CC(=O)/C(=C(/C)O)[C@H](O)c1ccc([N+](=O)[O-])cc1. The molecule has 0 aliphatic carbocycles. The molecule has 0 bridgehead atoms. The lowest BCUT2D eigenvalue weighted by molar-refractivity contribution is -0.384. The fourth-order valence-electron chi connectivity index (χ4n) is 1.59. The van der Waals surface area contributed by atoms with Crippen molar-refractivity contribution in [3.05, 3.63) is 51.3 Å². The van der Waals surface area contributed by atoms with Crippen LogP contribution in [0.1, 0.15) is 25.5 Å². The van der Waals surface area contributed by atoms with E-state index in [1.807, 2.05) is 0 Å². The summed E-state index contributed by atoms with van der Waals surface area (Å²) in [5.74, 6) is -0.728. The van der Waals surface area contributed by atoms with Gasteiger partial charge in [0.25, 0.3) is 5.69 Å². The Kier molecular flexibility index (Phi) is 4.17. The van der Waals surface area contributed by atoms with Crippen molar-refractivity contribution in [2.45, 2.75) is 20.0 Å². The molecule has 0 radical (unpaired) electrons. The second kappa shape index (κ2) is 5.42. The van der Waals surface area contributed by atoms with Gasteiger partial charge < -0.3 is 10.2 Å². The summed E-state index contributed by atoms with van der Waals surface area (Å²) in [5, 5.41) is 29.8. The first kappa shape index (κ1) is 13.9. The van der Waals surface area contributed by atoms with Crippen molar-refractivity contribution in [3.8, 4) is 0 Å². The van der Waals surface area contributed by atoms with Crippen LogP contribution in [0.5, 0.6) is 0 Å². The number of carbonyl (C=O) groups is 1. The zero-order valence-electron chi connectivity index (χ0n) is 9.95. The number of rotatable bonds is 4. The number of allylic oxidation sites excluding steroid dienone is 1. The molecule has 2 N–H and O–H groups in total. The van der Waals surface area contributed by atoms with Crippen molar-refractivity contribution < 1.29 is 19.9 Å². The van der Waals surface area contributed by atoms with Gasteiger partial charge in [-0.1, -0.05) is 0 Å². The average molecular weight is 251 g/mol. The summed E-state index contributed by atoms with van der Waals surface area (Å²) in [6.07, 6.45) is -1.30. The van der Waals surface area contributed by atoms with Gasteiger partial charge in [0, 0.05) is 12.1 Å². The maximum atomic E-state index is 11.3. The lowest BCUT2D eigenvalue weighted by atomic mass is 9.98. The number of Topliss-reactive ketones (excluding diaryl/α,β-unsaturated/α-hetero) is 1. The standard InChI is InChI=1S/C12H13NO5/c1-7(14)11(8(2)15)12(16)9-3-5-10(6-4-9)13(17)18/h3-6,12,14,16H,1-2H3/b11-7+/t12-/m1/s1. The van der Waals surface area contributed by atoms with E-state index >= 15 is 0 Å². The van der Waals surface area contributed by atoms with E-state index in [0.29, 0.717) is 5.56 Å². The van der Waals surface area contributed by atoms with Gasteiger partial charge in [-0.2, -0.15) is 0 Å². The van der Waals surface area contributed by atoms with Crippen molar-refractivity contribution in [1.29, 1.82) is 0 Å². The first-order chi connectivity index (χ1) is 8.34. The summed E-state index contributed by atoms with van der Waals surface area (Å²) in [6, 6.07) is 5.13. The van der Waals surface area contributed by atoms with Crippen LogP contribution in [0.25, 0.3) is 0 Å². The van der Waals surface area contributed by atoms with Crippen LogP contribution in [0.2, 0.25) is 0 Å². The van der Waals surface area contributed by atoms with E-state index in [1.54, 1.807) is 0 Å². The highest BCUT2D eigenvalue weighted by Crippen LogP contribution is 2.25. The van der Waals surface area contributed by atoms with E-state index in [-0.39, 0.29) is 17.0 Å². The van der Waals surface area contributed by atoms with Gasteiger partial charge in [-0.25, -0.2) is 0 Å². The maximum Gasteiger partial charge on any atom is 0.269 e. The molecule has 1 atom stereocenters. The Morgan fingerprint density at radius 1 is 1.28 bits per heavy atom. The summed E-state index contributed by atoms with van der Waals surface area (Å²) in [4.78, 5) is 21.2. The lowest BCUT2D eigenvalue weighted by Crippen LogP contribution is -2.11. The Morgan fingerprint density at radius 2 is 1.78 bits per heavy atom. The number of aliphatic hydroxyl groups is 2. The van der Waals surface area contributed by atoms with Crippen LogP contribution in [0.15, 0.2) is 35.6 Å². The smallest absolute Gasteiger partial charge is 0.269 e. The molecule has 0 fully saturated rings. The molecule has 0 heterocycles. The predicted molar refractivity (Wildman–Crippen MR) is 64.1 cm³/mol. The van der Waals surface area contributed by atoms with Gasteiger partial charge in [0.2, 0.25) is 0 Å². The number of carbonyl (C=O) groups excluding carboxylic acids is 1. The van der Waals surface area contributed by atoms with Crippen LogP contribution < -0.4 is 0 Å². The monoisotopic (exact) mass is 251 g/mol. The molecule has 0 aromatic heterocycles. The van der Waals surface area contributed by atoms with Gasteiger partial charge in [0.15, 0.2) is 5.78 Å². The summed E-state index contributed by atoms with van der Waals surface area (Å²) >= 11 is 0. The molecule has 1 aromatic carbocycles. The zero-order valence-corrected chi connectivity index (χ0v) is 9.95. The number of nitro benzene ring substituents is 1. The van der Waals surface area contributed by atoms with E-state index in [9.17, 15) is 25.1 Å². The van der Waals surface area contributed by atoms with E-state index in [4.69, 9.17) is 0 Å². The predicted octanol–water partition coefficient (Wildman–Crippen LogP) is 2.05. The van der Waals surface area contributed by atoms with Crippen LogP contribution in [0, 0.1) is 10.1 Å². The van der Waals surface area contributed by atoms with Crippen LogP contribution in [0.3, 0.4) is 0 Å². The molecule has 0 spiro atoms. The molecule has 0 saturated carbocycles. The third-order valence-corrected chi connectivity index (χ3v) is 2.46. The van der Waals surface area contributed by atoms with Crippen molar-refractivity contribution in [1.82, 2.24) is 0 Å². The van der Waals surface area contributed by atoms with Crippen LogP contribution >= 0.6 is 0 Å². The van der Waals surface area contributed by atoms with Crippen LogP contribution in [0.4, 0.5) is 5.69 Å². The molecule has 0 aliphatic heterocycles. The van der Waals surface area contributed by atoms with Crippen molar-refractivity contribution in [3.63, 3.8) is 0 Å². The largest absolute Gasteiger partial charge is 0.512 e. The minimum atomic E-state index is -1.30. The van der Waals surface area contributed by atoms with E-state index < -0.39 is 16.8 Å². The maximum absolute atomic E-state index is 11.3. The van der Waals surface area contributed by atoms with Gasteiger partial charge in [0.1, 0.15) is 6.10 Å². The van der Waals surface area contributed by atoms with E-state index in [2.05, 4.69) is 0 Å². The molecule has 6 nitrogen and oxygen atoms in total. The number of nitrogens with zero attached hydrogens (tertiary/aromatic N) is 1. The number of non-ortho nitro benzene ring substituents is 1. The summed E-state index contributed by atoms with van der Waals surface area (Å²) in [6.45, 7) is 2.52. The molecule has 6 heteroatoms. The van der Waals surface area contributed by atoms with E-state index in [0.717, 1.165) is 0 Å². The number of benzene rings is 1. The molecule has 0 unspecified atom stereocenters. The van der Waals surface area contributed by atoms with Crippen molar-refractivity contribution >= 4 is 11.5 Å². The minimum Gasteiger partial charge on any atom is -0.512 e. The number of hydrogen-bond donors (Lipinski definition) is 2. The third-order valence-electron chi connectivity index (χ3n) is 2.46. The number of aliphatic hydroxyl groups excluding tert-OH is 2. The number of ketones is 1. The second-order valence-corrected chi connectivity index (χ2v) is 3.81. The molecule has 1 rings (SSSR count). The number of nitro groups is 1. The highest BCUT2D eigenvalue weighted by molar-refractivity contribution is 5.94. The van der Waals surface area contributed by atoms with Gasteiger partial charge in [0.05, 0.1) is 16.3 Å². The number of hydrogen-bond acceptors (Lipinski definition) is 5. The van der Waals surface area contributed by atoms with Crippen molar-refractivity contribution in [2.75, 3.05) is 0 Å². The highest BCUT2D eigenvalue weighted by atomic mass is 16.6. The molecular weight excluding hydrogens is 238 g/mol. The normalized spacial score (nSPS) is 13.7. The third kappa shape index (κ3) is 2.92. The first-order valence-corrected chi connectivity index (χ1v) is 5.17. The van der Waals surface area contributed by atoms with Gasteiger partial charge in [-0.15, -0.1) is 0 Å². The van der Waals surface area contributed by atoms with Gasteiger partial charge >= 0.3 is 0 Å². The Morgan fingerprint density at radius 3 is 2.11 bits per heavy atom. The average Bonchev–Trinajstić information content (AvgIpc) is 2.28. The van der Waals surface area contributed by atoms with E-state index in [1.165, 1.54) is 38.1 Å². The van der Waals surface area contributed by atoms with Gasteiger partial charge in [-0.3, -0.25) is 14.9 Å². The molecule has 18 heavy (non-hydrogen) atoms. The summed E-state index contributed by atoms with van der Waals surface area (Å²) in [7, 11) is 0. The fourth-order valence-corrected chi connectivity index (χ4v) is 1.59. The zero-order chi connectivity index (χ0) is 13.9. The van der Waals surface area contributed by atoms with Crippen LogP contribution in [-0.4, -0.2) is 20.9 Å². The fraction of sp³-hybridized carbons (Fsp3) is 0.250. The Bertz CT molecular complexity index is 500. The van der Waals surface area contributed by atoms with Crippen molar-refractivity contribution in [2.24, 2.45) is 0 Å². The molecule has 0 aliphatic rings. The van der Waals surface area contributed by atoms with Crippen LogP contribution in [-0.2, 0) is 4.79 Å². The Hall–Kier alpha value is -2.21.